The second kappa shape index (κ2) is 5.76. The Morgan fingerprint density at radius 1 is 1.00 bits per heavy atom. The summed E-state index contributed by atoms with van der Waals surface area (Å²) >= 11 is -2.02. The number of hydrogen-bond donors (Lipinski definition) is 0. The fourth-order valence-corrected chi connectivity index (χ4v) is 10.9. The molecule has 1 rings (SSSR count). The molecule has 0 N–H and O–H groups in total. The van der Waals surface area contributed by atoms with Crippen LogP contribution in [-0.4, -0.2) is 32.5 Å². The molecule has 2 nitrogen and oxygen atoms in total. The molecule has 0 amide bonds. The van der Waals surface area contributed by atoms with Gasteiger partial charge in [-0.2, -0.15) is 0 Å². The van der Waals surface area contributed by atoms with E-state index in [1.54, 1.807) is 12.1 Å². The summed E-state index contributed by atoms with van der Waals surface area (Å²) in [6.07, 6.45) is 0. The number of benzene rings is 1. The molecule has 19 heavy (non-hydrogen) atoms. The van der Waals surface area contributed by atoms with Crippen LogP contribution in [0.1, 0.15) is 26.3 Å². The molecule has 0 heterocycles. The first kappa shape index (κ1) is 17.0. The molecule has 0 saturated heterocycles. The fraction of sp³-hybridized carbons (Fsp3) is 0.600. The van der Waals surface area contributed by atoms with Crippen LogP contribution in [0.25, 0.3) is 0 Å². The average molecular weight is 389 g/mol. The van der Waals surface area contributed by atoms with E-state index in [-0.39, 0.29) is 5.41 Å². The first-order chi connectivity index (χ1) is 8.42. The van der Waals surface area contributed by atoms with Crippen LogP contribution in [0, 0.1) is 0 Å². The molecule has 0 saturated carbocycles. The van der Waals surface area contributed by atoms with E-state index in [1.165, 1.54) is 5.56 Å². The third-order valence-corrected chi connectivity index (χ3v) is 11.0. The summed E-state index contributed by atoms with van der Waals surface area (Å²) in [7, 11) is -3.10. The van der Waals surface area contributed by atoms with Gasteiger partial charge in [-0.15, -0.1) is 0 Å². The Balaban J connectivity index is 2.92. The fourth-order valence-electron chi connectivity index (χ4n) is 1.72. The first-order valence-electron chi connectivity index (χ1n) is 6.75. The summed E-state index contributed by atoms with van der Waals surface area (Å²) in [5, 5.41) is 0. The standard InChI is InChI=1S/C12H17O2S.3CH3.Sn/c1-5-15(13,14)11-8-6-10(7-9-11)12(2,3)4;;;;/h6-9H,1,5H2,2-4H3;3*1H3;. The van der Waals surface area contributed by atoms with E-state index in [0.29, 0.717) is 10.6 Å². The van der Waals surface area contributed by atoms with Gasteiger partial charge in [0.15, 0.2) is 0 Å². The van der Waals surface area contributed by atoms with Crippen LogP contribution in [-0.2, 0) is 15.3 Å². The summed E-state index contributed by atoms with van der Waals surface area (Å²) in [6, 6.07) is 7.39. The van der Waals surface area contributed by atoms with Gasteiger partial charge in [0, 0.05) is 0 Å². The molecule has 0 spiro atoms. The summed E-state index contributed by atoms with van der Waals surface area (Å²) in [5.41, 5.74) is 1.23. The first-order valence-corrected chi connectivity index (χ1v) is 19.0. The van der Waals surface area contributed by atoms with Crippen molar-refractivity contribution in [2.75, 3.05) is 5.75 Å². The van der Waals surface area contributed by atoms with E-state index >= 15 is 0 Å². The van der Waals surface area contributed by atoms with Crippen molar-refractivity contribution in [3.8, 4) is 0 Å². The van der Waals surface area contributed by atoms with Gasteiger partial charge in [-0.1, -0.05) is 0 Å². The SMILES string of the molecule is CC(C)(C)c1ccc(S(=O)(=O)C[CH2][Sn]([CH3])([CH3])[CH3])cc1. The molecule has 0 radical (unpaired) electrons. The molecule has 0 aliphatic rings. The van der Waals surface area contributed by atoms with E-state index in [9.17, 15) is 8.42 Å². The van der Waals surface area contributed by atoms with Crippen LogP contribution < -0.4 is 0 Å². The van der Waals surface area contributed by atoms with Crippen LogP contribution in [0.2, 0.25) is 19.3 Å². The zero-order chi connectivity index (χ0) is 14.9. The van der Waals surface area contributed by atoms with Crippen molar-refractivity contribution in [3.63, 3.8) is 0 Å². The van der Waals surface area contributed by atoms with Crippen LogP contribution >= 0.6 is 0 Å². The van der Waals surface area contributed by atoms with Crippen LogP contribution in [0.15, 0.2) is 29.2 Å². The van der Waals surface area contributed by atoms with E-state index in [1.807, 2.05) is 12.1 Å². The maximum atomic E-state index is 12.3. The molecule has 0 fully saturated rings. The van der Waals surface area contributed by atoms with Gasteiger partial charge in [0.1, 0.15) is 0 Å². The van der Waals surface area contributed by atoms with Crippen molar-refractivity contribution in [3.05, 3.63) is 29.8 Å². The Kier molecular flexibility index (Phi) is 5.16. The molecule has 1 aromatic rings. The molecule has 0 unspecified atom stereocenters. The third-order valence-electron chi connectivity index (χ3n) is 3.20. The predicted octanol–water partition coefficient (Wildman–Crippen LogP) is 4.10. The van der Waals surface area contributed by atoms with Crippen LogP contribution in [0.5, 0.6) is 0 Å². The zero-order valence-corrected chi connectivity index (χ0v) is 16.6. The van der Waals surface area contributed by atoms with Crippen molar-refractivity contribution in [1.29, 1.82) is 0 Å². The summed E-state index contributed by atoms with van der Waals surface area (Å²) in [5.74, 6) is 0.307. The number of hydrogen-bond acceptors (Lipinski definition) is 2. The van der Waals surface area contributed by atoms with Gasteiger partial charge in [-0.3, -0.25) is 0 Å². The summed E-state index contributed by atoms with van der Waals surface area (Å²) in [4.78, 5) is 7.28. The monoisotopic (exact) mass is 390 g/mol. The second-order valence-corrected chi connectivity index (χ2v) is 25.6. The second-order valence-electron chi connectivity index (χ2n) is 7.40. The Morgan fingerprint density at radius 3 is 1.84 bits per heavy atom. The van der Waals surface area contributed by atoms with E-state index in [0.717, 1.165) is 4.44 Å². The molecular weight excluding hydrogens is 363 g/mol. The van der Waals surface area contributed by atoms with Crippen molar-refractivity contribution in [2.24, 2.45) is 0 Å². The molecule has 108 valence electrons. The Bertz CT molecular complexity index is 517. The van der Waals surface area contributed by atoms with E-state index in [2.05, 4.69) is 35.6 Å². The predicted molar refractivity (Wildman–Crippen MR) is 85.3 cm³/mol. The Morgan fingerprint density at radius 2 is 1.47 bits per heavy atom. The molecule has 4 heteroatoms. The molecule has 0 aliphatic carbocycles. The van der Waals surface area contributed by atoms with Crippen molar-refractivity contribution in [2.45, 2.75) is 50.3 Å². The van der Waals surface area contributed by atoms with E-state index in [4.69, 9.17) is 0 Å². The van der Waals surface area contributed by atoms with Gasteiger partial charge < -0.3 is 0 Å². The topological polar surface area (TPSA) is 34.1 Å². The molecule has 0 bridgehead atoms. The molecule has 0 atom stereocenters. The minimum absolute atomic E-state index is 0.0597. The van der Waals surface area contributed by atoms with Gasteiger partial charge in [0.05, 0.1) is 0 Å². The van der Waals surface area contributed by atoms with Gasteiger partial charge in [0.2, 0.25) is 0 Å². The maximum absolute atomic E-state index is 12.3. The number of sulfone groups is 1. The Labute approximate surface area is 122 Å². The van der Waals surface area contributed by atoms with Gasteiger partial charge in [-0.05, 0) is 0 Å². The normalized spacial score (nSPS) is 13.6. The number of rotatable bonds is 4. The van der Waals surface area contributed by atoms with Crippen LogP contribution in [0.4, 0.5) is 0 Å². The van der Waals surface area contributed by atoms with Crippen LogP contribution in [0.3, 0.4) is 0 Å². The van der Waals surface area contributed by atoms with E-state index < -0.39 is 28.2 Å². The quantitative estimate of drug-likeness (QED) is 0.727. The third kappa shape index (κ3) is 5.46. The van der Waals surface area contributed by atoms with Crippen molar-refractivity contribution < 1.29 is 8.42 Å². The molecule has 1 aromatic carbocycles. The van der Waals surface area contributed by atoms with Crippen molar-refractivity contribution in [1.82, 2.24) is 0 Å². The van der Waals surface area contributed by atoms with Gasteiger partial charge >= 0.3 is 123 Å². The van der Waals surface area contributed by atoms with Crippen molar-refractivity contribution >= 4 is 28.2 Å². The average Bonchev–Trinajstić information content (AvgIpc) is 2.25. The van der Waals surface area contributed by atoms with Gasteiger partial charge in [0.25, 0.3) is 0 Å². The summed E-state index contributed by atoms with van der Waals surface area (Å²) < 4.78 is 25.4. The molecule has 0 aromatic heterocycles. The Hall–Kier alpha value is -0.0313. The van der Waals surface area contributed by atoms with Gasteiger partial charge in [-0.25, -0.2) is 0 Å². The molecular formula is C15H26O2SSn. The minimum atomic E-state index is -3.10. The molecule has 0 aliphatic heterocycles. The zero-order valence-electron chi connectivity index (χ0n) is 12.9. The summed E-state index contributed by atoms with van der Waals surface area (Å²) in [6.45, 7) is 6.39.